The lowest BCUT2D eigenvalue weighted by Gasteiger charge is -2.37. The number of nitrogens with zero attached hydrogens (tertiary/aromatic N) is 5. The minimum absolute atomic E-state index is 0.110. The van der Waals surface area contributed by atoms with E-state index in [-0.39, 0.29) is 11.9 Å². The van der Waals surface area contributed by atoms with E-state index in [0.29, 0.717) is 0 Å². The summed E-state index contributed by atoms with van der Waals surface area (Å²) in [5.74, 6) is 0.141. The normalized spacial score (nSPS) is 25.9. The molecule has 3 heterocycles. The van der Waals surface area contributed by atoms with Gasteiger partial charge in [-0.2, -0.15) is 0 Å². The van der Waals surface area contributed by atoms with Gasteiger partial charge in [0, 0.05) is 58.4 Å². The van der Waals surface area contributed by atoms with Crippen molar-refractivity contribution in [2.75, 3.05) is 32.7 Å². The highest BCUT2D eigenvalue weighted by atomic mass is 16.2. The van der Waals surface area contributed by atoms with Gasteiger partial charge in [-0.25, -0.2) is 0 Å². The molecule has 2 saturated heterocycles. The molecule has 0 bridgehead atoms. The molecule has 1 saturated carbocycles. The third-order valence-electron chi connectivity index (χ3n) is 6.34. The van der Waals surface area contributed by atoms with Crippen molar-refractivity contribution in [3.63, 3.8) is 0 Å². The van der Waals surface area contributed by atoms with Crippen LogP contribution in [0.4, 0.5) is 0 Å². The first-order valence-corrected chi connectivity index (χ1v) is 10.2. The first-order chi connectivity index (χ1) is 12.7. The van der Waals surface area contributed by atoms with E-state index >= 15 is 0 Å². The quantitative estimate of drug-likeness (QED) is 0.827. The third-order valence-corrected chi connectivity index (χ3v) is 6.34. The molecule has 2 aliphatic heterocycles. The molecular formula is C20H31N5O. The summed E-state index contributed by atoms with van der Waals surface area (Å²) in [6.07, 6.45) is 11.4. The highest BCUT2D eigenvalue weighted by Crippen LogP contribution is 2.30. The van der Waals surface area contributed by atoms with Gasteiger partial charge in [0.1, 0.15) is 0 Å². The third kappa shape index (κ3) is 3.91. The number of piperazine rings is 1. The second kappa shape index (κ2) is 8.01. The van der Waals surface area contributed by atoms with Crippen molar-refractivity contribution in [2.24, 2.45) is 0 Å². The lowest BCUT2D eigenvalue weighted by molar-refractivity contribution is -0.129. The topological polar surface area (TPSA) is 52.6 Å². The van der Waals surface area contributed by atoms with Gasteiger partial charge in [-0.3, -0.25) is 24.6 Å². The predicted octanol–water partition coefficient (Wildman–Crippen LogP) is 2.22. The number of aromatic nitrogens is 2. The lowest BCUT2D eigenvalue weighted by Crippen LogP contribution is -2.49. The maximum absolute atomic E-state index is 11.8. The zero-order chi connectivity index (χ0) is 17.9. The Hall–Kier alpha value is -1.53. The Balaban J connectivity index is 1.35. The summed E-state index contributed by atoms with van der Waals surface area (Å²) in [5, 5.41) is 0. The van der Waals surface area contributed by atoms with E-state index in [9.17, 15) is 4.79 Å². The Kier molecular flexibility index (Phi) is 5.50. The van der Waals surface area contributed by atoms with Gasteiger partial charge in [0.2, 0.25) is 5.91 Å². The van der Waals surface area contributed by atoms with Crippen LogP contribution in [0, 0.1) is 0 Å². The van der Waals surface area contributed by atoms with Gasteiger partial charge < -0.3 is 4.90 Å². The van der Waals surface area contributed by atoms with Crippen LogP contribution in [-0.4, -0.2) is 69.3 Å². The first-order valence-electron chi connectivity index (χ1n) is 10.2. The summed E-state index contributed by atoms with van der Waals surface area (Å²) in [4.78, 5) is 28.3. The SMILES string of the molecule is CC(=O)N1CCC[C@H]1c1cncc(CN2CCN(C3CCCC3)CC2)n1. The molecule has 0 aromatic carbocycles. The predicted molar refractivity (Wildman–Crippen MR) is 101 cm³/mol. The summed E-state index contributed by atoms with van der Waals surface area (Å²) in [7, 11) is 0. The summed E-state index contributed by atoms with van der Waals surface area (Å²) in [6.45, 7) is 7.95. The second-order valence-electron chi connectivity index (χ2n) is 8.06. The van der Waals surface area contributed by atoms with E-state index in [1.54, 1.807) is 6.92 Å². The van der Waals surface area contributed by atoms with Crippen molar-refractivity contribution in [3.8, 4) is 0 Å². The van der Waals surface area contributed by atoms with E-state index in [4.69, 9.17) is 4.98 Å². The molecule has 1 aliphatic carbocycles. The van der Waals surface area contributed by atoms with Crippen molar-refractivity contribution < 1.29 is 4.79 Å². The fourth-order valence-corrected chi connectivity index (χ4v) is 4.90. The molecule has 1 aromatic heterocycles. The second-order valence-corrected chi connectivity index (χ2v) is 8.06. The van der Waals surface area contributed by atoms with Crippen molar-refractivity contribution >= 4 is 5.91 Å². The van der Waals surface area contributed by atoms with Crippen molar-refractivity contribution in [2.45, 2.75) is 64.1 Å². The Morgan fingerprint density at radius 3 is 2.54 bits per heavy atom. The van der Waals surface area contributed by atoms with Crippen LogP contribution >= 0.6 is 0 Å². The Bertz CT molecular complexity index is 622. The Morgan fingerprint density at radius 2 is 1.81 bits per heavy atom. The smallest absolute Gasteiger partial charge is 0.220 e. The van der Waals surface area contributed by atoms with Gasteiger partial charge in [-0.05, 0) is 25.7 Å². The molecule has 0 spiro atoms. The summed E-state index contributed by atoms with van der Waals surface area (Å²) in [5.41, 5.74) is 1.99. The molecule has 1 amide bonds. The molecule has 3 aliphatic rings. The van der Waals surface area contributed by atoms with Gasteiger partial charge in [0.05, 0.1) is 23.6 Å². The van der Waals surface area contributed by atoms with E-state index in [1.807, 2.05) is 17.3 Å². The lowest BCUT2D eigenvalue weighted by atomic mass is 10.1. The van der Waals surface area contributed by atoms with Crippen LogP contribution < -0.4 is 0 Å². The number of likely N-dealkylation sites (tertiary alicyclic amines) is 1. The van der Waals surface area contributed by atoms with Gasteiger partial charge in [-0.1, -0.05) is 12.8 Å². The van der Waals surface area contributed by atoms with Crippen LogP contribution in [0.3, 0.4) is 0 Å². The zero-order valence-corrected chi connectivity index (χ0v) is 15.9. The molecular weight excluding hydrogens is 326 g/mol. The molecule has 0 radical (unpaired) electrons. The standard InChI is InChI=1S/C20H31N5O/c1-16(26)25-8-4-7-20(25)19-14-21-13-17(22-19)15-23-9-11-24(12-10-23)18-5-2-3-6-18/h13-14,18,20H,2-12,15H2,1H3/t20-/m0/s1. The Morgan fingerprint density at radius 1 is 1.04 bits per heavy atom. The van der Waals surface area contributed by atoms with Gasteiger partial charge in [0.15, 0.2) is 0 Å². The van der Waals surface area contributed by atoms with Crippen LogP contribution in [0.15, 0.2) is 12.4 Å². The van der Waals surface area contributed by atoms with Crippen LogP contribution in [0.1, 0.15) is 62.9 Å². The number of carbonyl (C=O) groups excluding carboxylic acids is 1. The average molecular weight is 358 g/mol. The van der Waals surface area contributed by atoms with Crippen LogP contribution in [0.2, 0.25) is 0 Å². The van der Waals surface area contributed by atoms with Crippen LogP contribution in [0.25, 0.3) is 0 Å². The highest BCUT2D eigenvalue weighted by Gasteiger charge is 2.30. The number of hydrogen-bond acceptors (Lipinski definition) is 5. The first kappa shape index (κ1) is 17.9. The maximum atomic E-state index is 11.8. The molecule has 0 unspecified atom stereocenters. The van der Waals surface area contributed by atoms with E-state index in [1.165, 1.54) is 38.8 Å². The Labute approximate surface area is 156 Å². The number of rotatable bonds is 4. The van der Waals surface area contributed by atoms with E-state index < -0.39 is 0 Å². The molecule has 26 heavy (non-hydrogen) atoms. The molecule has 3 fully saturated rings. The van der Waals surface area contributed by atoms with Crippen LogP contribution in [-0.2, 0) is 11.3 Å². The summed E-state index contributed by atoms with van der Waals surface area (Å²) < 4.78 is 0. The van der Waals surface area contributed by atoms with Crippen molar-refractivity contribution in [1.82, 2.24) is 24.7 Å². The minimum atomic E-state index is 0.110. The van der Waals surface area contributed by atoms with Crippen molar-refractivity contribution in [1.29, 1.82) is 0 Å². The fraction of sp³-hybridized carbons (Fsp3) is 0.750. The molecule has 142 valence electrons. The fourth-order valence-electron chi connectivity index (χ4n) is 4.90. The average Bonchev–Trinajstić information content (AvgIpc) is 3.35. The summed E-state index contributed by atoms with van der Waals surface area (Å²) >= 11 is 0. The molecule has 6 nitrogen and oxygen atoms in total. The minimum Gasteiger partial charge on any atom is -0.334 e. The monoisotopic (exact) mass is 357 g/mol. The van der Waals surface area contributed by atoms with Gasteiger partial charge in [0.25, 0.3) is 0 Å². The number of amides is 1. The van der Waals surface area contributed by atoms with E-state index in [2.05, 4.69) is 14.8 Å². The molecule has 0 N–H and O–H groups in total. The summed E-state index contributed by atoms with van der Waals surface area (Å²) in [6, 6.07) is 0.944. The van der Waals surface area contributed by atoms with Crippen LogP contribution in [0.5, 0.6) is 0 Å². The number of hydrogen-bond donors (Lipinski definition) is 0. The molecule has 4 rings (SSSR count). The van der Waals surface area contributed by atoms with Gasteiger partial charge in [-0.15, -0.1) is 0 Å². The molecule has 1 atom stereocenters. The molecule has 6 heteroatoms. The largest absolute Gasteiger partial charge is 0.334 e. The highest BCUT2D eigenvalue weighted by molar-refractivity contribution is 5.74. The van der Waals surface area contributed by atoms with Crippen molar-refractivity contribution in [3.05, 3.63) is 23.8 Å². The van der Waals surface area contributed by atoms with E-state index in [0.717, 1.165) is 56.5 Å². The zero-order valence-electron chi connectivity index (χ0n) is 15.9. The molecule has 1 aromatic rings. The van der Waals surface area contributed by atoms with Gasteiger partial charge >= 0.3 is 0 Å². The maximum Gasteiger partial charge on any atom is 0.220 e. The number of carbonyl (C=O) groups is 1.